The summed E-state index contributed by atoms with van der Waals surface area (Å²) in [5.74, 6) is -2.60. The molecule has 0 fully saturated rings. The first-order chi connectivity index (χ1) is 8.56. The van der Waals surface area contributed by atoms with Gasteiger partial charge in [-0.15, -0.1) is 0 Å². The Balaban J connectivity index is 2.34. The lowest BCUT2D eigenvalue weighted by molar-refractivity contribution is 0.0693. The largest absolute Gasteiger partial charge is 0.478 e. The maximum atomic E-state index is 12.9. The summed E-state index contributed by atoms with van der Waals surface area (Å²) >= 11 is 0. The van der Waals surface area contributed by atoms with E-state index in [0.717, 1.165) is 24.4 Å². The Morgan fingerprint density at radius 2 is 1.89 bits per heavy atom. The van der Waals surface area contributed by atoms with Gasteiger partial charge in [0.25, 0.3) is 0 Å². The molecule has 0 bridgehead atoms. The van der Waals surface area contributed by atoms with Crippen molar-refractivity contribution in [3.8, 4) is 11.6 Å². The minimum atomic E-state index is -1.33. The number of carboxylic acids is 1. The summed E-state index contributed by atoms with van der Waals surface area (Å²) in [7, 11) is 0. The lowest BCUT2D eigenvalue weighted by Crippen LogP contribution is -2.01. The van der Waals surface area contributed by atoms with Crippen molar-refractivity contribution < 1.29 is 23.4 Å². The van der Waals surface area contributed by atoms with E-state index in [1.807, 2.05) is 0 Å². The van der Waals surface area contributed by atoms with Crippen LogP contribution in [0.1, 0.15) is 10.4 Å². The van der Waals surface area contributed by atoms with E-state index in [2.05, 4.69) is 4.98 Å². The molecule has 0 radical (unpaired) electrons. The second-order valence-corrected chi connectivity index (χ2v) is 3.36. The molecule has 1 heterocycles. The van der Waals surface area contributed by atoms with Crippen molar-refractivity contribution in [2.45, 2.75) is 0 Å². The Morgan fingerprint density at radius 3 is 2.50 bits per heavy atom. The molecule has 0 aliphatic heterocycles. The Hall–Kier alpha value is -2.50. The van der Waals surface area contributed by atoms with E-state index in [0.29, 0.717) is 0 Å². The van der Waals surface area contributed by atoms with Gasteiger partial charge in [-0.25, -0.2) is 18.6 Å². The third-order valence-corrected chi connectivity index (χ3v) is 2.09. The van der Waals surface area contributed by atoms with Crippen molar-refractivity contribution in [3.63, 3.8) is 0 Å². The van der Waals surface area contributed by atoms with Crippen LogP contribution >= 0.6 is 0 Å². The van der Waals surface area contributed by atoms with Gasteiger partial charge in [0.1, 0.15) is 22.9 Å². The van der Waals surface area contributed by atoms with Gasteiger partial charge in [0, 0.05) is 6.07 Å². The number of rotatable bonds is 3. The molecule has 4 nitrogen and oxygen atoms in total. The first-order valence-electron chi connectivity index (χ1n) is 4.88. The summed E-state index contributed by atoms with van der Waals surface area (Å²) in [6.45, 7) is 0. The molecule has 0 atom stereocenters. The van der Waals surface area contributed by atoms with Gasteiger partial charge in [-0.2, -0.15) is 0 Å². The highest BCUT2D eigenvalue weighted by Crippen LogP contribution is 2.24. The SMILES string of the molecule is O=C(O)c1cc(F)ccc1Oc1ccc(F)cn1. The number of hydrogen-bond donors (Lipinski definition) is 1. The third-order valence-electron chi connectivity index (χ3n) is 2.09. The number of hydrogen-bond acceptors (Lipinski definition) is 3. The van der Waals surface area contributed by atoms with Gasteiger partial charge < -0.3 is 9.84 Å². The highest BCUT2D eigenvalue weighted by molar-refractivity contribution is 5.90. The zero-order valence-corrected chi connectivity index (χ0v) is 8.93. The standard InChI is InChI=1S/C12H7F2NO3/c13-7-1-3-10(9(5-7)12(16)17)18-11-4-2-8(14)6-15-11/h1-6H,(H,16,17). The lowest BCUT2D eigenvalue weighted by atomic mass is 10.2. The van der Waals surface area contributed by atoms with Crippen LogP contribution in [-0.2, 0) is 0 Å². The second-order valence-electron chi connectivity index (χ2n) is 3.36. The van der Waals surface area contributed by atoms with Crippen LogP contribution in [0.5, 0.6) is 11.6 Å². The molecule has 0 saturated carbocycles. The van der Waals surface area contributed by atoms with Crippen LogP contribution in [0.3, 0.4) is 0 Å². The molecular weight excluding hydrogens is 244 g/mol. The quantitative estimate of drug-likeness (QED) is 0.911. The van der Waals surface area contributed by atoms with Gasteiger partial charge in [-0.3, -0.25) is 0 Å². The first-order valence-corrected chi connectivity index (χ1v) is 4.88. The number of pyridine rings is 1. The Morgan fingerprint density at radius 1 is 1.17 bits per heavy atom. The Bertz CT molecular complexity index is 584. The van der Waals surface area contributed by atoms with Crippen LogP contribution in [-0.4, -0.2) is 16.1 Å². The molecule has 18 heavy (non-hydrogen) atoms. The number of benzene rings is 1. The summed E-state index contributed by atoms with van der Waals surface area (Å²) in [4.78, 5) is 14.5. The predicted octanol–water partition coefficient (Wildman–Crippen LogP) is 2.85. The normalized spacial score (nSPS) is 10.1. The first kappa shape index (κ1) is 12.0. The van der Waals surface area contributed by atoms with Crippen molar-refractivity contribution in [1.29, 1.82) is 0 Å². The average molecular weight is 251 g/mol. The van der Waals surface area contributed by atoms with Crippen LogP contribution in [0.15, 0.2) is 36.5 Å². The molecular formula is C12H7F2NO3. The molecule has 1 N–H and O–H groups in total. The molecule has 2 rings (SSSR count). The predicted molar refractivity (Wildman–Crippen MR) is 57.6 cm³/mol. The molecule has 6 heteroatoms. The highest BCUT2D eigenvalue weighted by Gasteiger charge is 2.13. The maximum absolute atomic E-state index is 12.9. The van der Waals surface area contributed by atoms with E-state index < -0.39 is 17.6 Å². The van der Waals surface area contributed by atoms with Gasteiger partial charge in [-0.05, 0) is 24.3 Å². The molecule has 0 aliphatic carbocycles. The Kier molecular flexibility index (Phi) is 3.18. The van der Waals surface area contributed by atoms with Crippen LogP contribution in [0, 0.1) is 11.6 Å². The zero-order valence-electron chi connectivity index (χ0n) is 8.93. The van der Waals surface area contributed by atoms with Gasteiger partial charge in [-0.1, -0.05) is 0 Å². The molecule has 0 aliphatic rings. The number of carboxylic acid groups (broad SMARTS) is 1. The molecule has 92 valence electrons. The van der Waals surface area contributed by atoms with Crippen LogP contribution in [0.25, 0.3) is 0 Å². The van der Waals surface area contributed by atoms with E-state index in [9.17, 15) is 13.6 Å². The van der Waals surface area contributed by atoms with Crippen molar-refractivity contribution >= 4 is 5.97 Å². The molecule has 0 saturated heterocycles. The molecule has 0 amide bonds. The van der Waals surface area contributed by atoms with E-state index in [-0.39, 0.29) is 17.2 Å². The van der Waals surface area contributed by atoms with E-state index in [1.165, 1.54) is 12.1 Å². The monoisotopic (exact) mass is 251 g/mol. The maximum Gasteiger partial charge on any atom is 0.339 e. The smallest absolute Gasteiger partial charge is 0.339 e. The summed E-state index contributed by atoms with van der Waals surface area (Å²) in [5.41, 5.74) is -0.332. The van der Waals surface area contributed by atoms with Gasteiger partial charge >= 0.3 is 5.97 Å². The van der Waals surface area contributed by atoms with Crippen LogP contribution in [0.2, 0.25) is 0 Å². The van der Waals surface area contributed by atoms with Crippen LogP contribution < -0.4 is 4.74 Å². The summed E-state index contributed by atoms with van der Waals surface area (Å²) in [5, 5.41) is 8.89. The van der Waals surface area contributed by atoms with Crippen molar-refractivity contribution in [2.75, 3.05) is 0 Å². The fraction of sp³-hybridized carbons (Fsp3) is 0. The highest BCUT2D eigenvalue weighted by atomic mass is 19.1. The number of carbonyl (C=O) groups is 1. The topological polar surface area (TPSA) is 59.4 Å². The number of aromatic carboxylic acids is 1. The number of halogens is 2. The summed E-state index contributed by atoms with van der Waals surface area (Å²) in [6.07, 6.45) is 0.930. The lowest BCUT2D eigenvalue weighted by Gasteiger charge is -2.07. The number of nitrogens with zero attached hydrogens (tertiary/aromatic N) is 1. The second kappa shape index (κ2) is 4.79. The Labute approximate surface area is 100 Å². The fourth-order valence-corrected chi connectivity index (χ4v) is 1.29. The van der Waals surface area contributed by atoms with Crippen molar-refractivity contribution in [3.05, 3.63) is 53.7 Å². The van der Waals surface area contributed by atoms with Gasteiger partial charge in [0.05, 0.1) is 6.20 Å². The molecule has 0 spiro atoms. The summed E-state index contributed by atoms with van der Waals surface area (Å²) < 4.78 is 30.7. The van der Waals surface area contributed by atoms with E-state index in [1.54, 1.807) is 0 Å². The third kappa shape index (κ3) is 2.60. The van der Waals surface area contributed by atoms with E-state index >= 15 is 0 Å². The minimum absolute atomic E-state index is 0.0190. The number of ether oxygens (including phenoxy) is 1. The number of aromatic nitrogens is 1. The molecule has 1 aromatic heterocycles. The van der Waals surface area contributed by atoms with Gasteiger partial charge in [0.2, 0.25) is 5.88 Å². The fourth-order valence-electron chi connectivity index (χ4n) is 1.29. The molecule has 2 aromatic rings. The van der Waals surface area contributed by atoms with E-state index in [4.69, 9.17) is 9.84 Å². The molecule has 0 unspecified atom stereocenters. The molecule has 1 aromatic carbocycles. The van der Waals surface area contributed by atoms with Gasteiger partial charge in [0.15, 0.2) is 0 Å². The van der Waals surface area contributed by atoms with Crippen molar-refractivity contribution in [1.82, 2.24) is 4.98 Å². The van der Waals surface area contributed by atoms with Crippen molar-refractivity contribution in [2.24, 2.45) is 0 Å². The van der Waals surface area contributed by atoms with Crippen LogP contribution in [0.4, 0.5) is 8.78 Å². The zero-order chi connectivity index (χ0) is 13.1. The minimum Gasteiger partial charge on any atom is -0.478 e. The summed E-state index contributed by atoms with van der Waals surface area (Å²) in [6, 6.07) is 5.42. The average Bonchev–Trinajstić information content (AvgIpc) is 2.34.